The summed E-state index contributed by atoms with van der Waals surface area (Å²) < 4.78 is 6.82. The van der Waals surface area contributed by atoms with Gasteiger partial charge in [-0.2, -0.15) is 10.4 Å². The van der Waals surface area contributed by atoms with Crippen LogP contribution in [0.15, 0.2) is 36.7 Å². The van der Waals surface area contributed by atoms with E-state index >= 15 is 0 Å². The van der Waals surface area contributed by atoms with Crippen molar-refractivity contribution in [1.82, 2.24) is 15.1 Å². The summed E-state index contributed by atoms with van der Waals surface area (Å²) >= 11 is 0. The second-order valence-electron chi connectivity index (χ2n) is 5.68. The van der Waals surface area contributed by atoms with Crippen molar-refractivity contribution >= 4 is 5.97 Å². The standard InChI is InChI=1S/C18H22N4O2/c1-4-24-18(23)17(16-11-21-22(3)12-16)20-10-13(2)15-7-5-14(9-19)6-8-15/h5-8,11-13,17,20H,4,10H2,1-3H3/t13?,17-/m0/s1. The van der Waals surface area contributed by atoms with Crippen molar-refractivity contribution in [1.29, 1.82) is 5.26 Å². The first kappa shape index (κ1) is 17.7. The lowest BCUT2D eigenvalue weighted by Gasteiger charge is -2.19. The largest absolute Gasteiger partial charge is 0.465 e. The van der Waals surface area contributed by atoms with Gasteiger partial charge in [0.05, 0.1) is 24.4 Å². The zero-order valence-corrected chi connectivity index (χ0v) is 14.2. The number of benzene rings is 1. The number of nitrogens with zero attached hydrogens (tertiary/aromatic N) is 3. The van der Waals surface area contributed by atoms with Gasteiger partial charge in [0.25, 0.3) is 0 Å². The first-order valence-corrected chi connectivity index (χ1v) is 7.93. The van der Waals surface area contributed by atoms with Crippen LogP contribution in [0.4, 0.5) is 0 Å². The molecule has 2 atom stereocenters. The number of carbonyl (C=O) groups excluding carboxylic acids is 1. The summed E-state index contributed by atoms with van der Waals surface area (Å²) in [5.41, 5.74) is 2.52. The summed E-state index contributed by atoms with van der Waals surface area (Å²) in [5.74, 6) is -0.121. The summed E-state index contributed by atoms with van der Waals surface area (Å²) in [6, 6.07) is 9.05. The number of aryl methyl sites for hydroxylation is 1. The molecule has 0 amide bonds. The molecule has 126 valence electrons. The quantitative estimate of drug-likeness (QED) is 0.790. The SMILES string of the molecule is CCOC(=O)[C@@H](NCC(C)c1ccc(C#N)cc1)c1cnn(C)c1. The Balaban J connectivity index is 2.06. The fourth-order valence-electron chi connectivity index (χ4n) is 2.45. The lowest BCUT2D eigenvalue weighted by molar-refractivity contribution is -0.145. The minimum Gasteiger partial charge on any atom is -0.465 e. The van der Waals surface area contributed by atoms with Crippen LogP contribution in [0.25, 0.3) is 0 Å². The number of carbonyl (C=O) groups is 1. The Morgan fingerprint density at radius 2 is 2.08 bits per heavy atom. The molecule has 1 N–H and O–H groups in total. The van der Waals surface area contributed by atoms with Crippen LogP contribution < -0.4 is 5.32 Å². The van der Waals surface area contributed by atoms with Crippen molar-refractivity contribution in [3.8, 4) is 6.07 Å². The van der Waals surface area contributed by atoms with Gasteiger partial charge in [0.2, 0.25) is 0 Å². The maximum Gasteiger partial charge on any atom is 0.327 e. The third kappa shape index (κ3) is 4.43. The topological polar surface area (TPSA) is 79.9 Å². The molecule has 1 aromatic carbocycles. The molecule has 1 heterocycles. The number of aromatic nitrogens is 2. The van der Waals surface area contributed by atoms with Crippen molar-refractivity contribution in [3.63, 3.8) is 0 Å². The van der Waals surface area contributed by atoms with E-state index < -0.39 is 6.04 Å². The molecule has 2 aromatic rings. The van der Waals surface area contributed by atoms with Crippen LogP contribution in [-0.2, 0) is 16.6 Å². The number of ether oxygens (including phenoxy) is 1. The van der Waals surface area contributed by atoms with Crippen molar-refractivity contribution in [2.75, 3.05) is 13.2 Å². The van der Waals surface area contributed by atoms with Crippen molar-refractivity contribution in [2.24, 2.45) is 7.05 Å². The molecular weight excluding hydrogens is 304 g/mol. The van der Waals surface area contributed by atoms with Gasteiger partial charge in [0, 0.05) is 25.4 Å². The maximum absolute atomic E-state index is 12.2. The Labute approximate surface area is 142 Å². The molecule has 0 bridgehead atoms. The van der Waals surface area contributed by atoms with Crippen LogP contribution in [0, 0.1) is 11.3 Å². The summed E-state index contributed by atoms with van der Waals surface area (Å²) in [7, 11) is 1.81. The second-order valence-corrected chi connectivity index (χ2v) is 5.68. The Morgan fingerprint density at radius 3 is 2.62 bits per heavy atom. The molecule has 6 nitrogen and oxygen atoms in total. The van der Waals surface area contributed by atoms with E-state index in [2.05, 4.69) is 23.4 Å². The highest BCUT2D eigenvalue weighted by Gasteiger charge is 2.23. The van der Waals surface area contributed by atoms with E-state index in [-0.39, 0.29) is 11.9 Å². The number of nitrogens with one attached hydrogen (secondary N) is 1. The Kier molecular flexibility index (Phi) is 6.10. The number of hydrogen-bond acceptors (Lipinski definition) is 5. The fourth-order valence-corrected chi connectivity index (χ4v) is 2.45. The average Bonchev–Trinajstić information content (AvgIpc) is 3.01. The third-order valence-electron chi connectivity index (χ3n) is 3.82. The predicted molar refractivity (Wildman–Crippen MR) is 90.2 cm³/mol. The Morgan fingerprint density at radius 1 is 1.38 bits per heavy atom. The zero-order valence-electron chi connectivity index (χ0n) is 14.2. The molecule has 0 fully saturated rings. The van der Waals surface area contributed by atoms with E-state index in [0.717, 1.165) is 11.1 Å². The van der Waals surface area contributed by atoms with Gasteiger partial charge >= 0.3 is 5.97 Å². The van der Waals surface area contributed by atoms with E-state index in [1.165, 1.54) is 0 Å². The van der Waals surface area contributed by atoms with Crippen LogP contribution in [0.2, 0.25) is 0 Å². The highest BCUT2D eigenvalue weighted by atomic mass is 16.5. The zero-order chi connectivity index (χ0) is 17.5. The molecule has 0 aliphatic carbocycles. The maximum atomic E-state index is 12.2. The molecule has 0 saturated carbocycles. The van der Waals surface area contributed by atoms with Gasteiger partial charge < -0.3 is 10.1 Å². The van der Waals surface area contributed by atoms with Gasteiger partial charge in [0.15, 0.2) is 0 Å². The van der Waals surface area contributed by atoms with E-state index in [1.54, 1.807) is 36.1 Å². The second kappa shape index (κ2) is 8.27. The summed E-state index contributed by atoms with van der Waals surface area (Å²) in [6.45, 7) is 4.80. The molecule has 1 unspecified atom stereocenters. The van der Waals surface area contributed by atoms with Crippen LogP contribution >= 0.6 is 0 Å². The molecular formula is C18H22N4O2. The first-order chi connectivity index (χ1) is 11.5. The van der Waals surface area contributed by atoms with E-state index in [0.29, 0.717) is 18.7 Å². The highest BCUT2D eigenvalue weighted by molar-refractivity contribution is 5.77. The van der Waals surface area contributed by atoms with Crippen LogP contribution in [0.5, 0.6) is 0 Å². The summed E-state index contributed by atoms with van der Waals surface area (Å²) in [6.07, 6.45) is 3.47. The van der Waals surface area contributed by atoms with E-state index in [1.807, 2.05) is 19.2 Å². The summed E-state index contributed by atoms with van der Waals surface area (Å²) in [4.78, 5) is 12.2. The predicted octanol–water partition coefficient (Wildman–Crippen LogP) is 2.29. The number of esters is 1. The van der Waals surface area contributed by atoms with Gasteiger partial charge in [-0.1, -0.05) is 19.1 Å². The van der Waals surface area contributed by atoms with E-state index in [4.69, 9.17) is 10.00 Å². The Hall–Kier alpha value is -2.65. The first-order valence-electron chi connectivity index (χ1n) is 7.93. The number of rotatable bonds is 7. The normalized spacial score (nSPS) is 13.1. The molecule has 6 heteroatoms. The van der Waals surface area contributed by atoms with Gasteiger partial charge in [0.1, 0.15) is 6.04 Å². The number of hydrogen-bond donors (Lipinski definition) is 1. The van der Waals surface area contributed by atoms with Crippen LogP contribution in [0.1, 0.15) is 42.5 Å². The lowest BCUT2D eigenvalue weighted by Crippen LogP contribution is -2.32. The van der Waals surface area contributed by atoms with Crippen molar-refractivity contribution < 1.29 is 9.53 Å². The van der Waals surface area contributed by atoms with Gasteiger partial charge in [-0.05, 0) is 30.5 Å². The third-order valence-corrected chi connectivity index (χ3v) is 3.82. The fraction of sp³-hybridized carbons (Fsp3) is 0.389. The number of nitriles is 1. The van der Waals surface area contributed by atoms with Crippen LogP contribution in [-0.4, -0.2) is 28.9 Å². The lowest BCUT2D eigenvalue weighted by atomic mass is 9.99. The van der Waals surface area contributed by atoms with E-state index in [9.17, 15) is 4.79 Å². The van der Waals surface area contributed by atoms with Crippen LogP contribution in [0.3, 0.4) is 0 Å². The molecule has 0 saturated heterocycles. The molecule has 0 aliphatic heterocycles. The molecule has 0 radical (unpaired) electrons. The minimum absolute atomic E-state index is 0.186. The Bertz CT molecular complexity index is 715. The van der Waals surface area contributed by atoms with Gasteiger partial charge in [-0.15, -0.1) is 0 Å². The van der Waals surface area contributed by atoms with Crippen molar-refractivity contribution in [2.45, 2.75) is 25.8 Å². The minimum atomic E-state index is -0.542. The smallest absolute Gasteiger partial charge is 0.327 e. The molecule has 1 aromatic heterocycles. The van der Waals surface area contributed by atoms with Crippen molar-refractivity contribution in [3.05, 3.63) is 53.3 Å². The molecule has 2 rings (SSSR count). The molecule has 0 aliphatic rings. The average molecular weight is 326 g/mol. The summed E-state index contributed by atoms with van der Waals surface area (Å²) in [5, 5.41) is 16.3. The molecule has 0 spiro atoms. The van der Waals surface area contributed by atoms with Gasteiger partial charge in [-0.25, -0.2) is 4.79 Å². The highest BCUT2D eigenvalue weighted by Crippen LogP contribution is 2.18. The monoisotopic (exact) mass is 326 g/mol. The molecule has 24 heavy (non-hydrogen) atoms. The van der Waals surface area contributed by atoms with Gasteiger partial charge in [-0.3, -0.25) is 4.68 Å².